The summed E-state index contributed by atoms with van der Waals surface area (Å²) in [6, 6.07) is 16.5. The van der Waals surface area contributed by atoms with Crippen molar-refractivity contribution in [2.75, 3.05) is 45.3 Å². The van der Waals surface area contributed by atoms with Crippen molar-refractivity contribution in [3.05, 3.63) is 89.8 Å². The van der Waals surface area contributed by atoms with Crippen molar-refractivity contribution in [2.45, 2.75) is 6.92 Å². The van der Waals surface area contributed by atoms with Gasteiger partial charge in [-0.3, -0.25) is 0 Å². The van der Waals surface area contributed by atoms with E-state index in [0.717, 1.165) is 48.9 Å². The highest BCUT2D eigenvalue weighted by Gasteiger charge is 2.20. The molecule has 1 fully saturated rings. The van der Waals surface area contributed by atoms with Crippen LogP contribution < -0.4 is 15.4 Å². The molecular formula is C25H31N3O2. The quantitative estimate of drug-likeness (QED) is 0.553. The Morgan fingerprint density at radius 3 is 2.13 bits per heavy atom. The molecule has 1 heterocycles. The summed E-state index contributed by atoms with van der Waals surface area (Å²) in [6.07, 6.45) is 3.87. The van der Waals surface area contributed by atoms with Crippen LogP contribution in [0.4, 0.5) is 5.69 Å². The monoisotopic (exact) mass is 405 g/mol. The molecule has 5 heteroatoms. The number of rotatable bonds is 7. The van der Waals surface area contributed by atoms with Crippen molar-refractivity contribution in [1.29, 1.82) is 0 Å². The largest absolute Gasteiger partial charge is 0.497 e. The zero-order valence-electron chi connectivity index (χ0n) is 18.1. The lowest BCUT2D eigenvalue weighted by Crippen LogP contribution is -2.46. The van der Waals surface area contributed by atoms with Gasteiger partial charge in [0.15, 0.2) is 0 Å². The average Bonchev–Trinajstić information content (AvgIpc) is 2.79. The second-order valence-corrected chi connectivity index (χ2v) is 7.34. The van der Waals surface area contributed by atoms with Crippen LogP contribution in [-0.2, 0) is 4.74 Å². The van der Waals surface area contributed by atoms with Crippen molar-refractivity contribution in [1.82, 2.24) is 4.90 Å². The standard InChI is InChI=1S/C25H31N3O2/c1-19-5-8-21(9-6-19)25(26)24(14-7-20(2)29-3)28-17-15-27(16-18-28)22-10-12-23(30-4)13-11-22/h5-14H,2,15-18,26H2,1,3-4H3/b14-7-,25-24+. The lowest BCUT2D eigenvalue weighted by atomic mass is 10.1. The fourth-order valence-electron chi connectivity index (χ4n) is 3.49. The summed E-state index contributed by atoms with van der Waals surface area (Å²) >= 11 is 0. The highest BCUT2D eigenvalue weighted by Crippen LogP contribution is 2.24. The van der Waals surface area contributed by atoms with Gasteiger partial charge < -0.3 is 25.0 Å². The fraction of sp³-hybridized carbons (Fsp3) is 0.280. The predicted octanol–water partition coefficient (Wildman–Crippen LogP) is 4.17. The lowest BCUT2D eigenvalue weighted by molar-refractivity contribution is 0.307. The molecule has 0 aliphatic carbocycles. The van der Waals surface area contributed by atoms with Gasteiger partial charge in [-0.25, -0.2) is 0 Å². The zero-order valence-corrected chi connectivity index (χ0v) is 18.1. The van der Waals surface area contributed by atoms with E-state index in [-0.39, 0.29) is 0 Å². The van der Waals surface area contributed by atoms with E-state index >= 15 is 0 Å². The van der Waals surface area contributed by atoms with Gasteiger partial charge in [-0.05, 0) is 48.9 Å². The molecule has 2 aromatic rings. The van der Waals surface area contributed by atoms with E-state index in [1.54, 1.807) is 14.2 Å². The van der Waals surface area contributed by atoms with Crippen molar-refractivity contribution < 1.29 is 9.47 Å². The van der Waals surface area contributed by atoms with Gasteiger partial charge in [-0.15, -0.1) is 0 Å². The van der Waals surface area contributed by atoms with E-state index < -0.39 is 0 Å². The average molecular weight is 406 g/mol. The molecule has 5 nitrogen and oxygen atoms in total. The van der Waals surface area contributed by atoms with E-state index in [0.29, 0.717) is 5.76 Å². The molecule has 0 aromatic heterocycles. The van der Waals surface area contributed by atoms with Crippen molar-refractivity contribution >= 4 is 11.4 Å². The van der Waals surface area contributed by atoms with Crippen molar-refractivity contribution in [3.8, 4) is 5.75 Å². The summed E-state index contributed by atoms with van der Waals surface area (Å²) in [6.45, 7) is 9.54. The van der Waals surface area contributed by atoms with Gasteiger partial charge >= 0.3 is 0 Å². The Kier molecular flexibility index (Phi) is 7.07. The van der Waals surface area contributed by atoms with Crippen LogP contribution in [0.2, 0.25) is 0 Å². The summed E-state index contributed by atoms with van der Waals surface area (Å²) in [4.78, 5) is 4.71. The van der Waals surface area contributed by atoms with E-state index in [2.05, 4.69) is 59.7 Å². The number of piperazine rings is 1. The molecule has 0 unspecified atom stereocenters. The number of ether oxygens (including phenoxy) is 2. The van der Waals surface area contributed by atoms with Crippen LogP contribution in [-0.4, -0.2) is 45.3 Å². The molecule has 0 bridgehead atoms. The minimum Gasteiger partial charge on any atom is -0.497 e. The zero-order chi connectivity index (χ0) is 21.5. The molecule has 0 spiro atoms. The third-order valence-electron chi connectivity index (χ3n) is 5.39. The molecule has 1 aliphatic heterocycles. The van der Waals surface area contributed by atoms with Crippen molar-refractivity contribution in [3.63, 3.8) is 0 Å². The number of hydrogen-bond donors (Lipinski definition) is 1. The minimum absolute atomic E-state index is 0.598. The summed E-state index contributed by atoms with van der Waals surface area (Å²) in [7, 11) is 3.30. The van der Waals surface area contributed by atoms with Gasteiger partial charge in [0.05, 0.1) is 25.6 Å². The SMILES string of the molecule is C=C(/C=C\C(=C(/N)c1ccc(C)cc1)N1CCN(c2ccc(OC)cc2)CC1)OC. The molecule has 0 amide bonds. The first-order chi connectivity index (χ1) is 14.5. The van der Waals surface area contributed by atoms with Crippen LogP contribution >= 0.6 is 0 Å². The Balaban J connectivity index is 1.80. The summed E-state index contributed by atoms with van der Waals surface area (Å²) < 4.78 is 10.5. The Hall–Kier alpha value is -3.34. The van der Waals surface area contributed by atoms with Gasteiger partial charge in [0.2, 0.25) is 0 Å². The van der Waals surface area contributed by atoms with Gasteiger partial charge in [0, 0.05) is 31.9 Å². The molecule has 30 heavy (non-hydrogen) atoms. The Labute approximate surface area is 179 Å². The summed E-state index contributed by atoms with van der Waals surface area (Å²) in [5.74, 6) is 1.47. The molecule has 2 N–H and O–H groups in total. The molecule has 0 saturated carbocycles. The van der Waals surface area contributed by atoms with Crippen LogP contribution in [0.1, 0.15) is 11.1 Å². The maximum atomic E-state index is 6.61. The molecule has 3 rings (SSSR count). The topological polar surface area (TPSA) is 51.0 Å². The number of benzene rings is 2. The Morgan fingerprint density at radius 2 is 1.57 bits per heavy atom. The molecule has 158 valence electrons. The first-order valence-corrected chi connectivity index (χ1v) is 10.1. The minimum atomic E-state index is 0.598. The predicted molar refractivity (Wildman–Crippen MR) is 124 cm³/mol. The first-order valence-electron chi connectivity index (χ1n) is 10.1. The molecule has 0 radical (unpaired) electrons. The third-order valence-corrected chi connectivity index (χ3v) is 5.39. The van der Waals surface area contributed by atoms with Crippen LogP contribution in [0.3, 0.4) is 0 Å². The second kappa shape index (κ2) is 9.92. The normalized spacial score (nSPS) is 15.2. The van der Waals surface area contributed by atoms with E-state index in [1.165, 1.54) is 11.3 Å². The molecular weight excluding hydrogens is 374 g/mol. The number of aryl methyl sites for hydroxylation is 1. The highest BCUT2D eigenvalue weighted by molar-refractivity contribution is 5.68. The molecule has 1 saturated heterocycles. The Morgan fingerprint density at radius 1 is 0.933 bits per heavy atom. The molecule has 1 aliphatic rings. The molecule has 0 atom stereocenters. The summed E-state index contributed by atoms with van der Waals surface area (Å²) in [5.41, 5.74) is 11.8. The number of anilines is 1. The van der Waals surface area contributed by atoms with Crippen LogP contribution in [0.25, 0.3) is 5.70 Å². The third kappa shape index (κ3) is 5.17. The van der Waals surface area contributed by atoms with Gasteiger partial charge in [0.25, 0.3) is 0 Å². The van der Waals surface area contributed by atoms with Gasteiger partial charge in [-0.2, -0.15) is 0 Å². The van der Waals surface area contributed by atoms with E-state index in [9.17, 15) is 0 Å². The number of nitrogens with zero attached hydrogens (tertiary/aromatic N) is 2. The van der Waals surface area contributed by atoms with E-state index in [4.69, 9.17) is 15.2 Å². The summed E-state index contributed by atoms with van der Waals surface area (Å²) in [5, 5.41) is 0. The van der Waals surface area contributed by atoms with Gasteiger partial charge in [0.1, 0.15) is 11.5 Å². The smallest absolute Gasteiger partial charge is 0.119 e. The Bertz CT molecular complexity index is 906. The lowest BCUT2D eigenvalue weighted by Gasteiger charge is -2.38. The fourth-order valence-corrected chi connectivity index (χ4v) is 3.49. The van der Waals surface area contributed by atoms with Crippen LogP contribution in [0, 0.1) is 6.92 Å². The van der Waals surface area contributed by atoms with Crippen molar-refractivity contribution in [2.24, 2.45) is 5.73 Å². The number of allylic oxidation sites excluding steroid dienone is 2. The van der Waals surface area contributed by atoms with Crippen LogP contribution in [0.5, 0.6) is 5.75 Å². The maximum absolute atomic E-state index is 6.61. The second-order valence-electron chi connectivity index (χ2n) is 7.34. The maximum Gasteiger partial charge on any atom is 0.119 e. The number of nitrogens with two attached hydrogens (primary N) is 1. The number of hydrogen-bond acceptors (Lipinski definition) is 5. The molecule has 2 aromatic carbocycles. The first kappa shape index (κ1) is 21.4. The van der Waals surface area contributed by atoms with E-state index in [1.807, 2.05) is 24.3 Å². The van der Waals surface area contributed by atoms with Crippen LogP contribution in [0.15, 0.2) is 78.7 Å². The van der Waals surface area contributed by atoms with Gasteiger partial charge in [-0.1, -0.05) is 36.4 Å². The number of methoxy groups -OCH3 is 2. The highest BCUT2D eigenvalue weighted by atomic mass is 16.5.